The Bertz CT molecular complexity index is 506. The van der Waals surface area contributed by atoms with Crippen LogP contribution in [0.3, 0.4) is 0 Å². The van der Waals surface area contributed by atoms with Crippen LogP contribution in [0.5, 0.6) is 5.75 Å². The van der Waals surface area contributed by atoms with Crippen molar-refractivity contribution in [3.63, 3.8) is 0 Å². The molecular weight excluding hydrogens is 254 g/mol. The minimum Gasteiger partial charge on any atom is -0.491 e. The van der Waals surface area contributed by atoms with Gasteiger partial charge in [-0.25, -0.2) is 0 Å². The second kappa shape index (κ2) is 7.07. The highest BCUT2D eigenvalue weighted by molar-refractivity contribution is 5.23. The van der Waals surface area contributed by atoms with Gasteiger partial charge in [-0.3, -0.25) is 5.10 Å². The van der Waals surface area contributed by atoms with Crippen LogP contribution in [0.4, 0.5) is 0 Å². The summed E-state index contributed by atoms with van der Waals surface area (Å²) in [6.07, 6.45) is -0.539. The highest BCUT2D eigenvalue weighted by Crippen LogP contribution is 2.09. The average Bonchev–Trinajstić information content (AvgIpc) is 2.78. The van der Waals surface area contributed by atoms with Gasteiger partial charge < -0.3 is 15.2 Å². The van der Waals surface area contributed by atoms with Gasteiger partial charge >= 0.3 is 0 Å². The van der Waals surface area contributed by atoms with Crippen molar-refractivity contribution in [3.8, 4) is 5.75 Å². The predicted octanol–water partition coefficient (Wildman–Crippen LogP) is 1.56. The Hall–Kier alpha value is -1.85. The summed E-state index contributed by atoms with van der Waals surface area (Å²) in [7, 11) is 0. The molecule has 108 valence electrons. The Labute approximate surface area is 119 Å². The van der Waals surface area contributed by atoms with Gasteiger partial charge in [0, 0.05) is 24.3 Å². The van der Waals surface area contributed by atoms with Gasteiger partial charge in [-0.1, -0.05) is 18.2 Å². The lowest BCUT2D eigenvalue weighted by Crippen LogP contribution is -2.31. The third-order valence-electron chi connectivity index (χ3n) is 3.15. The lowest BCUT2D eigenvalue weighted by Gasteiger charge is -2.13. The van der Waals surface area contributed by atoms with Crippen LogP contribution in [0.15, 0.2) is 30.3 Å². The molecule has 0 fully saturated rings. The van der Waals surface area contributed by atoms with Crippen molar-refractivity contribution in [2.75, 3.05) is 13.2 Å². The SMILES string of the molecule is Cc1n[nH]c(C)c1CNC[C@@H](O)COc1ccccc1. The fourth-order valence-electron chi connectivity index (χ4n) is 1.97. The summed E-state index contributed by atoms with van der Waals surface area (Å²) >= 11 is 0. The summed E-state index contributed by atoms with van der Waals surface area (Å²) in [5, 5.41) is 20.2. The summed E-state index contributed by atoms with van der Waals surface area (Å²) in [6, 6.07) is 9.49. The predicted molar refractivity (Wildman–Crippen MR) is 77.7 cm³/mol. The molecule has 1 atom stereocenters. The van der Waals surface area contributed by atoms with E-state index in [9.17, 15) is 5.11 Å². The molecule has 1 heterocycles. The monoisotopic (exact) mass is 275 g/mol. The Morgan fingerprint density at radius 3 is 2.70 bits per heavy atom. The van der Waals surface area contributed by atoms with E-state index in [-0.39, 0.29) is 6.61 Å². The molecule has 1 aromatic heterocycles. The van der Waals surface area contributed by atoms with Crippen LogP contribution in [0, 0.1) is 13.8 Å². The number of aryl methyl sites for hydroxylation is 2. The Kier molecular flexibility index (Phi) is 5.15. The molecule has 0 amide bonds. The first kappa shape index (κ1) is 14.6. The maximum atomic E-state index is 9.87. The number of rotatable bonds is 7. The van der Waals surface area contributed by atoms with Gasteiger partial charge in [-0.05, 0) is 26.0 Å². The third-order valence-corrected chi connectivity index (χ3v) is 3.15. The van der Waals surface area contributed by atoms with E-state index in [0.29, 0.717) is 13.1 Å². The zero-order valence-electron chi connectivity index (χ0n) is 11.9. The van der Waals surface area contributed by atoms with Gasteiger partial charge in [0.2, 0.25) is 0 Å². The van der Waals surface area contributed by atoms with Crippen molar-refractivity contribution in [1.29, 1.82) is 0 Å². The van der Waals surface area contributed by atoms with E-state index in [1.807, 2.05) is 44.2 Å². The van der Waals surface area contributed by atoms with Crippen LogP contribution >= 0.6 is 0 Å². The number of benzene rings is 1. The highest BCUT2D eigenvalue weighted by atomic mass is 16.5. The van der Waals surface area contributed by atoms with E-state index >= 15 is 0 Å². The van der Waals surface area contributed by atoms with Gasteiger partial charge in [-0.15, -0.1) is 0 Å². The van der Waals surface area contributed by atoms with Crippen molar-refractivity contribution in [2.24, 2.45) is 0 Å². The quantitative estimate of drug-likeness (QED) is 0.717. The lowest BCUT2D eigenvalue weighted by molar-refractivity contribution is 0.106. The Morgan fingerprint density at radius 1 is 1.30 bits per heavy atom. The normalized spacial score (nSPS) is 12.3. The molecule has 1 aromatic carbocycles. The maximum absolute atomic E-state index is 9.87. The molecule has 5 nitrogen and oxygen atoms in total. The molecule has 0 unspecified atom stereocenters. The average molecular weight is 275 g/mol. The van der Waals surface area contributed by atoms with Crippen LogP contribution in [0.2, 0.25) is 0 Å². The number of aliphatic hydroxyl groups excluding tert-OH is 1. The van der Waals surface area contributed by atoms with Crippen LogP contribution in [-0.2, 0) is 6.54 Å². The van der Waals surface area contributed by atoms with E-state index in [1.54, 1.807) is 0 Å². The third kappa shape index (κ3) is 4.08. The van der Waals surface area contributed by atoms with Crippen molar-refractivity contribution >= 4 is 0 Å². The second-order valence-corrected chi connectivity index (χ2v) is 4.82. The number of aliphatic hydroxyl groups is 1. The van der Waals surface area contributed by atoms with E-state index in [2.05, 4.69) is 15.5 Å². The summed E-state index contributed by atoms with van der Waals surface area (Å²) in [5.41, 5.74) is 3.20. The molecule has 0 radical (unpaired) electrons. The zero-order valence-corrected chi connectivity index (χ0v) is 11.9. The number of nitrogens with zero attached hydrogens (tertiary/aromatic N) is 1. The molecule has 5 heteroatoms. The standard InChI is InChI=1S/C15H21N3O2/c1-11-15(12(2)18-17-11)9-16-8-13(19)10-20-14-6-4-3-5-7-14/h3-7,13,16,19H,8-10H2,1-2H3,(H,17,18)/t13-/m1/s1. The molecule has 2 rings (SSSR count). The van der Waals surface area contributed by atoms with Crippen LogP contribution < -0.4 is 10.1 Å². The number of hydrogen-bond acceptors (Lipinski definition) is 4. The number of aromatic nitrogens is 2. The fourth-order valence-corrected chi connectivity index (χ4v) is 1.97. The molecule has 2 aromatic rings. The minimum atomic E-state index is -0.539. The summed E-state index contributed by atoms with van der Waals surface area (Å²) in [5.74, 6) is 0.771. The highest BCUT2D eigenvalue weighted by Gasteiger charge is 2.08. The number of H-pyrrole nitrogens is 1. The molecule has 0 aliphatic heterocycles. The molecule has 3 N–H and O–H groups in total. The van der Waals surface area contributed by atoms with Gasteiger partial charge in [0.05, 0.1) is 5.69 Å². The number of para-hydroxylation sites is 1. The first-order chi connectivity index (χ1) is 9.66. The van der Waals surface area contributed by atoms with Crippen molar-refractivity contribution in [2.45, 2.75) is 26.5 Å². The van der Waals surface area contributed by atoms with E-state index < -0.39 is 6.10 Å². The number of hydrogen-bond donors (Lipinski definition) is 3. The number of aromatic amines is 1. The molecule has 0 saturated carbocycles. The van der Waals surface area contributed by atoms with Gasteiger partial charge in [0.15, 0.2) is 0 Å². The van der Waals surface area contributed by atoms with Crippen LogP contribution in [0.1, 0.15) is 17.0 Å². The van der Waals surface area contributed by atoms with Gasteiger partial charge in [0.1, 0.15) is 18.5 Å². The maximum Gasteiger partial charge on any atom is 0.119 e. The van der Waals surface area contributed by atoms with Gasteiger partial charge in [-0.2, -0.15) is 5.10 Å². The Balaban J connectivity index is 1.69. The van der Waals surface area contributed by atoms with E-state index in [0.717, 1.165) is 22.7 Å². The van der Waals surface area contributed by atoms with Crippen molar-refractivity contribution in [3.05, 3.63) is 47.3 Å². The topological polar surface area (TPSA) is 70.2 Å². The number of nitrogens with one attached hydrogen (secondary N) is 2. The summed E-state index contributed by atoms with van der Waals surface area (Å²) in [4.78, 5) is 0. The Morgan fingerprint density at radius 2 is 2.05 bits per heavy atom. The summed E-state index contributed by atoms with van der Waals surface area (Å²) < 4.78 is 5.49. The van der Waals surface area contributed by atoms with Gasteiger partial charge in [0.25, 0.3) is 0 Å². The van der Waals surface area contributed by atoms with Crippen molar-refractivity contribution in [1.82, 2.24) is 15.5 Å². The molecule has 0 aliphatic carbocycles. The largest absolute Gasteiger partial charge is 0.491 e. The molecule has 0 aliphatic rings. The van der Waals surface area contributed by atoms with E-state index in [1.165, 1.54) is 0 Å². The first-order valence-corrected chi connectivity index (χ1v) is 6.74. The summed E-state index contributed by atoms with van der Waals surface area (Å²) in [6.45, 7) is 5.41. The van der Waals surface area contributed by atoms with E-state index in [4.69, 9.17) is 4.74 Å². The van der Waals surface area contributed by atoms with Crippen LogP contribution in [-0.4, -0.2) is 34.6 Å². The number of ether oxygens (including phenoxy) is 1. The molecular formula is C15H21N3O2. The molecule has 0 spiro atoms. The van der Waals surface area contributed by atoms with Crippen molar-refractivity contribution < 1.29 is 9.84 Å². The zero-order chi connectivity index (χ0) is 14.4. The molecule has 20 heavy (non-hydrogen) atoms. The van der Waals surface area contributed by atoms with Crippen LogP contribution in [0.25, 0.3) is 0 Å². The second-order valence-electron chi connectivity index (χ2n) is 4.82. The smallest absolute Gasteiger partial charge is 0.119 e. The molecule has 0 saturated heterocycles. The lowest BCUT2D eigenvalue weighted by atomic mass is 10.2. The molecule has 0 bridgehead atoms. The minimum absolute atomic E-state index is 0.278. The fraction of sp³-hybridized carbons (Fsp3) is 0.400. The first-order valence-electron chi connectivity index (χ1n) is 6.74.